The van der Waals surface area contributed by atoms with Crippen LogP contribution in [0.4, 0.5) is 0 Å². The molecule has 8 nitrogen and oxygen atoms in total. The van der Waals surface area contributed by atoms with E-state index in [4.69, 9.17) is 13.7 Å². The first-order valence-corrected chi connectivity index (χ1v) is 9.34. The zero-order chi connectivity index (χ0) is 20.2. The van der Waals surface area contributed by atoms with Crippen molar-refractivity contribution < 1.29 is 23.3 Å². The van der Waals surface area contributed by atoms with Gasteiger partial charge in [0.1, 0.15) is 5.75 Å². The molecule has 1 aliphatic heterocycles. The summed E-state index contributed by atoms with van der Waals surface area (Å²) >= 11 is 0. The van der Waals surface area contributed by atoms with Crippen molar-refractivity contribution >= 4 is 11.8 Å². The van der Waals surface area contributed by atoms with E-state index in [-0.39, 0.29) is 17.5 Å². The molecule has 1 saturated heterocycles. The van der Waals surface area contributed by atoms with Crippen LogP contribution in [0.15, 0.2) is 57.7 Å². The highest BCUT2D eigenvalue weighted by Gasteiger charge is 2.27. The summed E-state index contributed by atoms with van der Waals surface area (Å²) in [7, 11) is 1.61. The summed E-state index contributed by atoms with van der Waals surface area (Å²) in [6.45, 7) is 1.89. The van der Waals surface area contributed by atoms with Crippen molar-refractivity contribution in [1.29, 1.82) is 0 Å². The molecule has 3 aromatic rings. The summed E-state index contributed by atoms with van der Waals surface area (Å²) < 4.78 is 15.6. The van der Waals surface area contributed by atoms with Crippen LogP contribution in [0.25, 0.3) is 11.5 Å². The van der Waals surface area contributed by atoms with E-state index in [1.54, 1.807) is 35.1 Å². The number of hydrogen-bond acceptors (Lipinski definition) is 6. The normalized spacial score (nSPS) is 14.1. The number of carbonyl (C=O) groups excluding carboxylic acids is 2. The third-order valence-corrected chi connectivity index (χ3v) is 4.93. The van der Waals surface area contributed by atoms with Crippen molar-refractivity contribution in [2.75, 3.05) is 33.3 Å². The first kappa shape index (κ1) is 18.8. The third-order valence-electron chi connectivity index (χ3n) is 4.93. The minimum atomic E-state index is -0.214. The average molecular weight is 395 g/mol. The lowest BCUT2D eigenvalue weighted by molar-refractivity contribution is -0.131. The Kier molecular flexibility index (Phi) is 5.33. The molecule has 2 aromatic heterocycles. The number of amides is 2. The summed E-state index contributed by atoms with van der Waals surface area (Å²) in [4.78, 5) is 28.7. The van der Waals surface area contributed by atoms with E-state index in [0.717, 1.165) is 11.3 Å². The first-order valence-electron chi connectivity index (χ1n) is 9.34. The number of benzene rings is 1. The summed E-state index contributed by atoms with van der Waals surface area (Å²) in [5.41, 5.74) is 1.16. The van der Waals surface area contributed by atoms with E-state index in [2.05, 4.69) is 5.16 Å². The van der Waals surface area contributed by atoms with Crippen LogP contribution in [0.5, 0.6) is 5.75 Å². The molecule has 2 amide bonds. The van der Waals surface area contributed by atoms with Gasteiger partial charge in [0.2, 0.25) is 11.7 Å². The third kappa shape index (κ3) is 4.16. The van der Waals surface area contributed by atoms with Gasteiger partial charge in [-0.2, -0.15) is 0 Å². The molecular formula is C21H21N3O5. The predicted molar refractivity (Wildman–Crippen MR) is 103 cm³/mol. The van der Waals surface area contributed by atoms with Crippen LogP contribution in [-0.2, 0) is 11.2 Å². The number of aromatic nitrogens is 1. The maximum absolute atomic E-state index is 12.7. The zero-order valence-electron chi connectivity index (χ0n) is 16.0. The fraction of sp³-hybridized carbons (Fsp3) is 0.286. The molecule has 0 radical (unpaired) electrons. The van der Waals surface area contributed by atoms with Crippen LogP contribution in [0.2, 0.25) is 0 Å². The monoisotopic (exact) mass is 395 g/mol. The molecule has 4 rings (SSSR count). The summed E-state index contributed by atoms with van der Waals surface area (Å²) in [6.07, 6.45) is 1.86. The minimum Gasteiger partial charge on any atom is -0.497 e. The van der Waals surface area contributed by atoms with Gasteiger partial charge in [0.15, 0.2) is 11.5 Å². The Morgan fingerprint density at radius 2 is 1.76 bits per heavy atom. The van der Waals surface area contributed by atoms with Crippen LogP contribution >= 0.6 is 0 Å². The van der Waals surface area contributed by atoms with Gasteiger partial charge in [-0.15, -0.1) is 0 Å². The number of furan rings is 1. The summed E-state index contributed by atoms with van der Waals surface area (Å²) in [6, 6.07) is 12.5. The Hall–Kier alpha value is -3.55. The predicted octanol–water partition coefficient (Wildman–Crippen LogP) is 2.47. The molecule has 3 heterocycles. The van der Waals surface area contributed by atoms with E-state index in [9.17, 15) is 9.59 Å². The van der Waals surface area contributed by atoms with E-state index >= 15 is 0 Å². The zero-order valence-corrected chi connectivity index (χ0v) is 16.0. The van der Waals surface area contributed by atoms with Crippen molar-refractivity contribution in [2.24, 2.45) is 0 Å². The standard InChI is InChI=1S/C21H21N3O5/c1-27-16-6-4-15(5-7-16)13-20(25)23-8-10-24(11-9-23)21(26)17-14-19(29-22-17)18-3-2-12-28-18/h2-7,12,14H,8-11,13H2,1H3. The average Bonchev–Trinajstić information content (AvgIpc) is 3.46. The highest BCUT2D eigenvalue weighted by atomic mass is 16.5. The van der Waals surface area contributed by atoms with Crippen molar-refractivity contribution in [1.82, 2.24) is 15.0 Å². The smallest absolute Gasteiger partial charge is 0.276 e. The van der Waals surface area contributed by atoms with Gasteiger partial charge in [-0.1, -0.05) is 17.3 Å². The highest BCUT2D eigenvalue weighted by Crippen LogP contribution is 2.21. The molecule has 1 aliphatic rings. The molecule has 0 N–H and O–H groups in total. The Labute approximate surface area is 167 Å². The molecule has 29 heavy (non-hydrogen) atoms. The number of rotatable bonds is 5. The highest BCUT2D eigenvalue weighted by molar-refractivity contribution is 5.93. The Bertz CT molecular complexity index is 970. The molecule has 1 aromatic carbocycles. The lowest BCUT2D eigenvalue weighted by Crippen LogP contribution is -2.51. The quantitative estimate of drug-likeness (QED) is 0.659. The van der Waals surface area contributed by atoms with Gasteiger partial charge in [-0.25, -0.2) is 0 Å². The number of piperazine rings is 1. The SMILES string of the molecule is COc1ccc(CC(=O)N2CCN(C(=O)c3cc(-c4ccco4)on3)CC2)cc1. The Balaban J connectivity index is 1.31. The number of methoxy groups -OCH3 is 1. The molecule has 0 bridgehead atoms. The van der Waals surface area contributed by atoms with Crippen molar-refractivity contribution in [3.8, 4) is 17.3 Å². The molecule has 0 unspecified atom stereocenters. The number of carbonyl (C=O) groups is 2. The molecule has 150 valence electrons. The largest absolute Gasteiger partial charge is 0.497 e. The number of nitrogens with zero attached hydrogens (tertiary/aromatic N) is 3. The van der Waals surface area contributed by atoms with Crippen LogP contribution in [0.1, 0.15) is 16.1 Å². The van der Waals surface area contributed by atoms with Gasteiger partial charge in [-0.05, 0) is 29.8 Å². The molecule has 1 fully saturated rings. The number of ether oxygens (including phenoxy) is 1. The Morgan fingerprint density at radius 1 is 1.03 bits per heavy atom. The van der Waals surface area contributed by atoms with Gasteiger partial charge in [0.05, 0.1) is 19.8 Å². The lowest BCUT2D eigenvalue weighted by atomic mass is 10.1. The van der Waals surface area contributed by atoms with E-state index < -0.39 is 0 Å². The maximum Gasteiger partial charge on any atom is 0.276 e. The fourth-order valence-corrected chi connectivity index (χ4v) is 3.26. The van der Waals surface area contributed by atoms with Crippen molar-refractivity contribution in [3.05, 3.63) is 60.0 Å². The second-order valence-corrected chi connectivity index (χ2v) is 6.75. The van der Waals surface area contributed by atoms with Gasteiger partial charge in [0.25, 0.3) is 5.91 Å². The molecule has 0 spiro atoms. The molecular weight excluding hydrogens is 374 g/mol. The maximum atomic E-state index is 12.7. The van der Waals surface area contributed by atoms with Crippen LogP contribution in [0, 0.1) is 0 Å². The molecule has 0 saturated carbocycles. The van der Waals surface area contributed by atoms with Gasteiger partial charge in [-0.3, -0.25) is 9.59 Å². The molecule has 0 aliphatic carbocycles. The summed E-state index contributed by atoms with van der Waals surface area (Å²) in [5, 5.41) is 3.85. The molecule has 0 atom stereocenters. The second kappa shape index (κ2) is 8.22. The first-order chi connectivity index (χ1) is 14.1. The lowest BCUT2D eigenvalue weighted by Gasteiger charge is -2.34. The van der Waals surface area contributed by atoms with Crippen LogP contribution < -0.4 is 4.74 Å². The van der Waals surface area contributed by atoms with Crippen molar-refractivity contribution in [3.63, 3.8) is 0 Å². The summed E-state index contributed by atoms with van der Waals surface area (Å²) in [5.74, 6) is 1.52. The van der Waals surface area contributed by atoms with Gasteiger partial charge < -0.3 is 23.5 Å². The van der Waals surface area contributed by atoms with Gasteiger partial charge >= 0.3 is 0 Å². The van der Waals surface area contributed by atoms with E-state index in [1.807, 2.05) is 24.3 Å². The van der Waals surface area contributed by atoms with Crippen molar-refractivity contribution in [2.45, 2.75) is 6.42 Å². The topological polar surface area (TPSA) is 89.0 Å². The van der Waals surface area contributed by atoms with E-state index in [1.165, 1.54) is 6.26 Å². The minimum absolute atomic E-state index is 0.0452. The van der Waals surface area contributed by atoms with Gasteiger partial charge in [0, 0.05) is 32.2 Å². The Morgan fingerprint density at radius 3 is 2.41 bits per heavy atom. The van der Waals surface area contributed by atoms with Crippen LogP contribution in [0.3, 0.4) is 0 Å². The number of hydrogen-bond donors (Lipinski definition) is 0. The molecule has 8 heteroatoms. The second-order valence-electron chi connectivity index (χ2n) is 6.75. The van der Waals surface area contributed by atoms with E-state index in [0.29, 0.717) is 44.1 Å². The fourth-order valence-electron chi connectivity index (χ4n) is 3.26. The van der Waals surface area contributed by atoms with Crippen LogP contribution in [-0.4, -0.2) is 60.1 Å².